The molecule has 0 saturated heterocycles. The highest BCUT2D eigenvalue weighted by molar-refractivity contribution is 6.22. The van der Waals surface area contributed by atoms with Crippen LogP contribution in [0.1, 0.15) is 133 Å². The highest BCUT2D eigenvalue weighted by atomic mass is 16.6. The van der Waals surface area contributed by atoms with Crippen LogP contribution in [0.3, 0.4) is 0 Å². The number of nitrogens with one attached hydrogen (secondary N) is 6. The minimum atomic E-state index is -1.41. The summed E-state index contributed by atoms with van der Waals surface area (Å²) in [5, 5.41) is 35.8. The number of aliphatic imine (C=N–C) groups is 1. The second-order valence-corrected chi connectivity index (χ2v) is 22.2. The number of hydrogen-bond acceptors (Lipinski definition) is 14. The molecule has 2 aromatic carbocycles. The molecular formula is C54H77N7O14. The largest absolute Gasteiger partial charge is 0.511 e. The second-order valence-electron chi connectivity index (χ2n) is 22.2. The van der Waals surface area contributed by atoms with Gasteiger partial charge in [-0.05, 0) is 129 Å². The zero-order chi connectivity index (χ0) is 56.5. The maximum atomic E-state index is 13.9. The normalized spacial score (nSPS) is 15.5. The third-order valence-electron chi connectivity index (χ3n) is 10.9. The summed E-state index contributed by atoms with van der Waals surface area (Å²) in [6.45, 7) is 20.3. The summed E-state index contributed by atoms with van der Waals surface area (Å²) in [7, 11) is 0. The monoisotopic (exact) mass is 1050 g/mol. The Bertz CT molecular complexity index is 2430. The average molecular weight is 1050 g/mol. The van der Waals surface area contributed by atoms with Crippen molar-refractivity contribution in [2.45, 2.75) is 175 Å². The standard InChI is InChI=1S/C54H77N7O14/c1-32(45-41(63)28-54(11,12)29-42(45)64)58-40(27-44(66)67)46(68)55-24-14-13-15-37(49(71)74-52(5,6)7)60-43(65)30-56-47(69)39(26-34-18-22-36(23-19-34)73-51(2,3)4)61-48(70)38(57-31-62)25-33-16-20-35(21-17-33)59-50(72)75-53(8,9)10/h16-23,31,37-40,63H,13-15,24-30H2,1-12H3,(H,55,68)(H,56,69)(H,57,62)(H,59,72)(H,60,65)(H,61,70)(H,66,67)/t37-,38?,39?,40?/m1/s1. The van der Waals surface area contributed by atoms with E-state index in [9.17, 15) is 53.4 Å². The molecule has 3 unspecified atom stereocenters. The van der Waals surface area contributed by atoms with Crippen LogP contribution in [0.2, 0.25) is 0 Å². The number of hydrogen-bond donors (Lipinski definition) is 8. The average Bonchev–Trinajstić information content (AvgIpc) is 3.25. The zero-order valence-corrected chi connectivity index (χ0v) is 45.3. The molecule has 6 amide bonds. The highest BCUT2D eigenvalue weighted by Gasteiger charge is 2.35. The van der Waals surface area contributed by atoms with Crippen LogP contribution >= 0.6 is 0 Å². The summed E-state index contributed by atoms with van der Waals surface area (Å²) < 4.78 is 16.8. The molecule has 8 N–H and O–H groups in total. The number of carbonyl (C=O) groups excluding carboxylic acids is 8. The Morgan fingerprint density at radius 2 is 1.32 bits per heavy atom. The summed E-state index contributed by atoms with van der Waals surface area (Å²) in [6.07, 6.45) is -0.121. The Balaban J connectivity index is 1.73. The van der Waals surface area contributed by atoms with Crippen molar-refractivity contribution < 1.29 is 67.6 Å². The predicted octanol–water partition coefficient (Wildman–Crippen LogP) is 5.33. The van der Waals surface area contributed by atoms with Gasteiger partial charge in [-0.2, -0.15) is 0 Å². The van der Waals surface area contributed by atoms with Gasteiger partial charge in [0.2, 0.25) is 30.0 Å². The molecule has 3 rings (SSSR count). The van der Waals surface area contributed by atoms with Crippen molar-refractivity contribution in [3.8, 4) is 5.75 Å². The Morgan fingerprint density at radius 3 is 1.87 bits per heavy atom. The predicted molar refractivity (Wildman–Crippen MR) is 280 cm³/mol. The molecule has 1 aliphatic rings. The number of allylic oxidation sites excluding steroid dienone is 2. The number of ketones is 1. The number of nitrogens with zero attached hydrogens (tertiary/aromatic N) is 1. The number of benzene rings is 2. The first kappa shape index (κ1) is 62.0. The molecule has 1 aliphatic carbocycles. The summed E-state index contributed by atoms with van der Waals surface area (Å²) in [5.41, 5.74) is -0.938. The number of carboxylic acid groups (broad SMARTS) is 1. The van der Waals surface area contributed by atoms with Crippen LogP contribution in [0.15, 0.2) is 64.9 Å². The number of aliphatic hydroxyl groups excluding tert-OH is 1. The van der Waals surface area contributed by atoms with Crippen LogP contribution in [-0.2, 0) is 60.7 Å². The number of carboxylic acids is 1. The molecule has 0 heterocycles. The molecule has 0 bridgehead atoms. The van der Waals surface area contributed by atoms with E-state index in [1.165, 1.54) is 6.92 Å². The van der Waals surface area contributed by atoms with Crippen molar-refractivity contribution >= 4 is 65.3 Å². The van der Waals surface area contributed by atoms with Gasteiger partial charge in [-0.1, -0.05) is 38.1 Å². The van der Waals surface area contributed by atoms with E-state index in [-0.39, 0.29) is 74.3 Å². The number of carbonyl (C=O) groups is 9. The van der Waals surface area contributed by atoms with E-state index < -0.39 is 101 Å². The molecule has 4 atom stereocenters. The third-order valence-corrected chi connectivity index (χ3v) is 10.9. The molecule has 21 nitrogen and oxygen atoms in total. The number of aliphatic hydroxyl groups is 1. The number of Topliss-reactive ketones (excluding diaryl/α,β-unsaturated/α-hetero) is 1. The number of aliphatic carboxylic acids is 1. The molecule has 0 aliphatic heterocycles. The van der Waals surface area contributed by atoms with Crippen LogP contribution in [0.5, 0.6) is 5.75 Å². The number of esters is 1. The van der Waals surface area contributed by atoms with Gasteiger partial charge in [0.25, 0.3) is 0 Å². The SMILES string of the molecule is CC(=NC(CC(=O)O)C(=O)NCCCC[C@@H](NC(=O)CNC(=O)C(Cc1ccc(OC(C)(C)C)cc1)NC(=O)C(Cc1ccc(NC(=O)OC(C)(C)C)cc1)NC=O)C(=O)OC(C)(C)C)C1=C(O)CC(C)(C)CC1=O. The van der Waals surface area contributed by atoms with E-state index in [1.54, 1.807) is 90.1 Å². The van der Waals surface area contributed by atoms with Gasteiger partial charge in [-0.25, -0.2) is 9.59 Å². The van der Waals surface area contributed by atoms with Crippen LogP contribution in [0, 0.1) is 5.41 Å². The van der Waals surface area contributed by atoms with Gasteiger partial charge in [-0.15, -0.1) is 0 Å². The van der Waals surface area contributed by atoms with E-state index in [2.05, 4.69) is 36.9 Å². The van der Waals surface area contributed by atoms with Gasteiger partial charge in [0.15, 0.2) is 5.78 Å². The summed E-state index contributed by atoms with van der Waals surface area (Å²) in [5.74, 6) is -5.01. The van der Waals surface area contributed by atoms with Crippen molar-refractivity contribution in [3.05, 3.63) is 71.0 Å². The van der Waals surface area contributed by atoms with E-state index in [0.717, 1.165) is 0 Å². The van der Waals surface area contributed by atoms with E-state index in [0.29, 0.717) is 29.0 Å². The fraction of sp³-hybridized carbons (Fsp3) is 0.556. The second kappa shape index (κ2) is 27.3. The fourth-order valence-electron chi connectivity index (χ4n) is 7.78. The van der Waals surface area contributed by atoms with E-state index in [4.69, 9.17) is 14.2 Å². The van der Waals surface area contributed by atoms with Crippen molar-refractivity contribution in [3.63, 3.8) is 0 Å². The summed E-state index contributed by atoms with van der Waals surface area (Å²) in [6, 6.07) is 8.36. The van der Waals surface area contributed by atoms with Crippen LogP contribution < -0.4 is 36.6 Å². The molecule has 0 aromatic heterocycles. The summed E-state index contributed by atoms with van der Waals surface area (Å²) >= 11 is 0. The van der Waals surface area contributed by atoms with Gasteiger partial charge in [-0.3, -0.25) is 43.9 Å². The van der Waals surface area contributed by atoms with Crippen molar-refractivity contribution in [1.82, 2.24) is 26.6 Å². The van der Waals surface area contributed by atoms with Gasteiger partial charge >= 0.3 is 18.0 Å². The topological polar surface area (TPSA) is 306 Å². The Hall–Kier alpha value is -7.32. The first-order chi connectivity index (χ1) is 34.7. The smallest absolute Gasteiger partial charge is 0.412 e. The van der Waals surface area contributed by atoms with Gasteiger partial charge < -0.3 is 51.0 Å². The van der Waals surface area contributed by atoms with Crippen LogP contribution in [0.4, 0.5) is 10.5 Å². The molecule has 75 heavy (non-hydrogen) atoms. The quantitative estimate of drug-likeness (QED) is 0.0270. The lowest BCUT2D eigenvalue weighted by atomic mass is 9.75. The highest BCUT2D eigenvalue weighted by Crippen LogP contribution is 2.36. The molecule has 21 heteroatoms. The van der Waals surface area contributed by atoms with Crippen molar-refractivity contribution in [1.29, 1.82) is 0 Å². The molecule has 0 spiro atoms. The first-order valence-electron chi connectivity index (χ1n) is 24.9. The Morgan fingerprint density at radius 1 is 0.733 bits per heavy atom. The van der Waals surface area contributed by atoms with Gasteiger partial charge in [0, 0.05) is 43.6 Å². The minimum absolute atomic E-state index is 0.00250. The van der Waals surface area contributed by atoms with E-state index in [1.807, 2.05) is 34.6 Å². The number of anilines is 1. The molecular weight excluding hydrogens is 971 g/mol. The molecule has 412 valence electrons. The molecule has 2 aromatic rings. The lowest BCUT2D eigenvalue weighted by Gasteiger charge is -2.29. The fourth-order valence-corrected chi connectivity index (χ4v) is 7.78. The van der Waals surface area contributed by atoms with E-state index >= 15 is 0 Å². The van der Waals surface area contributed by atoms with Crippen LogP contribution in [-0.4, -0.2) is 124 Å². The molecule has 0 fully saturated rings. The van der Waals surface area contributed by atoms with Gasteiger partial charge in [0.1, 0.15) is 52.5 Å². The lowest BCUT2D eigenvalue weighted by Crippen LogP contribution is -2.55. The summed E-state index contributed by atoms with van der Waals surface area (Å²) in [4.78, 5) is 121. The van der Waals surface area contributed by atoms with Crippen molar-refractivity contribution in [2.24, 2.45) is 10.4 Å². The minimum Gasteiger partial charge on any atom is -0.511 e. The number of ether oxygens (including phenoxy) is 3. The number of rotatable bonds is 25. The third kappa shape index (κ3) is 23.2. The maximum Gasteiger partial charge on any atom is 0.412 e. The van der Waals surface area contributed by atoms with Crippen LogP contribution in [0.25, 0.3) is 0 Å². The maximum absolute atomic E-state index is 13.9. The molecule has 0 radical (unpaired) electrons. The Kier molecular flexibility index (Phi) is 22.5. The lowest BCUT2D eigenvalue weighted by molar-refractivity contribution is -0.158. The van der Waals surface area contributed by atoms with Crippen molar-refractivity contribution in [2.75, 3.05) is 18.4 Å². The Labute approximate surface area is 439 Å². The number of unbranched alkanes of at least 4 members (excludes halogenated alkanes) is 1. The molecule has 0 saturated carbocycles. The first-order valence-corrected chi connectivity index (χ1v) is 24.9. The van der Waals surface area contributed by atoms with Gasteiger partial charge in [0.05, 0.1) is 18.5 Å². The zero-order valence-electron chi connectivity index (χ0n) is 45.3. The number of amides is 6.